The van der Waals surface area contributed by atoms with Crippen molar-refractivity contribution in [1.29, 1.82) is 0 Å². The average molecular weight is 363 g/mol. The van der Waals surface area contributed by atoms with Gasteiger partial charge in [0.1, 0.15) is 5.25 Å². The smallest absolute Gasteiger partial charge is 0.187 e. The molecule has 0 radical (unpaired) electrons. The Morgan fingerprint density at radius 3 is 2.40 bits per heavy atom. The minimum absolute atomic E-state index is 0.138. The fourth-order valence-electron chi connectivity index (χ4n) is 3.29. The second-order valence-electron chi connectivity index (χ2n) is 7.49. The van der Waals surface area contributed by atoms with E-state index in [-0.39, 0.29) is 10.8 Å². The van der Waals surface area contributed by atoms with E-state index in [4.69, 9.17) is 0 Å². The fraction of sp³-hybridized carbons (Fsp3) is 0.524. The number of hydrogen-bond acceptors (Lipinski definition) is 3. The van der Waals surface area contributed by atoms with Crippen molar-refractivity contribution in [2.75, 3.05) is 0 Å². The summed E-state index contributed by atoms with van der Waals surface area (Å²) in [4.78, 5) is 0.267. The van der Waals surface area contributed by atoms with Crippen molar-refractivity contribution in [2.45, 2.75) is 63.2 Å². The molecule has 1 aromatic rings. The molecule has 1 aliphatic rings. The van der Waals surface area contributed by atoms with Gasteiger partial charge in [0.05, 0.1) is 11.0 Å². The number of benzene rings is 1. The quantitative estimate of drug-likeness (QED) is 0.756. The van der Waals surface area contributed by atoms with Crippen LogP contribution in [-0.4, -0.2) is 24.9 Å². The van der Waals surface area contributed by atoms with Crippen LogP contribution in [-0.2, 0) is 9.84 Å². The van der Waals surface area contributed by atoms with E-state index in [9.17, 15) is 13.5 Å². The summed E-state index contributed by atoms with van der Waals surface area (Å²) in [5, 5.41) is 9.72. The lowest BCUT2D eigenvalue weighted by Gasteiger charge is -2.27. The van der Waals surface area contributed by atoms with Crippen LogP contribution in [0.2, 0.25) is 0 Å². The van der Waals surface area contributed by atoms with Gasteiger partial charge in [-0.15, -0.1) is 0 Å². The first-order valence-corrected chi connectivity index (χ1v) is 10.6. The van der Waals surface area contributed by atoms with Gasteiger partial charge in [0.2, 0.25) is 0 Å². The molecular formula is C21H30O3S. The fourth-order valence-corrected chi connectivity index (χ4v) is 5.22. The number of sulfone groups is 1. The molecule has 1 aliphatic carbocycles. The number of allylic oxidation sites excluding steroid dienone is 3. The van der Waals surface area contributed by atoms with E-state index in [1.165, 1.54) is 5.57 Å². The maximum Gasteiger partial charge on any atom is 0.187 e. The van der Waals surface area contributed by atoms with Gasteiger partial charge < -0.3 is 5.11 Å². The Bertz CT molecular complexity index is 730. The minimum Gasteiger partial charge on any atom is -0.391 e. The molecule has 0 saturated carbocycles. The van der Waals surface area contributed by atoms with Crippen LogP contribution < -0.4 is 0 Å². The first kappa shape index (κ1) is 19.9. The van der Waals surface area contributed by atoms with Crippen molar-refractivity contribution in [3.05, 3.63) is 53.6 Å². The molecule has 3 atom stereocenters. The van der Waals surface area contributed by atoms with Crippen LogP contribution in [0.4, 0.5) is 0 Å². The number of aliphatic hydroxyl groups is 1. The van der Waals surface area contributed by atoms with E-state index in [0.29, 0.717) is 5.92 Å². The van der Waals surface area contributed by atoms with Crippen molar-refractivity contribution < 1.29 is 13.5 Å². The molecule has 1 N–H and O–H groups in total. The molecule has 0 heterocycles. The third-order valence-electron chi connectivity index (χ3n) is 5.16. The molecule has 0 aromatic heterocycles. The monoisotopic (exact) mass is 362 g/mol. The molecule has 4 heteroatoms. The van der Waals surface area contributed by atoms with Gasteiger partial charge >= 0.3 is 0 Å². The highest BCUT2D eigenvalue weighted by molar-refractivity contribution is 7.92. The number of rotatable bonds is 6. The van der Waals surface area contributed by atoms with E-state index in [0.717, 1.165) is 24.8 Å². The molecule has 1 aromatic carbocycles. The summed E-state index contributed by atoms with van der Waals surface area (Å²) >= 11 is 0. The Hall–Kier alpha value is -1.39. The van der Waals surface area contributed by atoms with Crippen molar-refractivity contribution >= 4 is 9.84 Å². The van der Waals surface area contributed by atoms with Crippen LogP contribution in [0.5, 0.6) is 0 Å². The van der Waals surface area contributed by atoms with Crippen LogP contribution in [0.25, 0.3) is 0 Å². The zero-order valence-electron chi connectivity index (χ0n) is 15.6. The first-order chi connectivity index (χ1) is 11.7. The molecule has 3 unspecified atom stereocenters. The lowest BCUT2D eigenvalue weighted by Crippen LogP contribution is -2.36. The molecule has 0 amide bonds. The predicted molar refractivity (Wildman–Crippen MR) is 103 cm³/mol. The Kier molecular flexibility index (Phi) is 6.64. The highest BCUT2D eigenvalue weighted by atomic mass is 32.2. The molecule has 0 bridgehead atoms. The maximum absolute atomic E-state index is 13.1. The Labute approximate surface area is 152 Å². The van der Waals surface area contributed by atoms with Gasteiger partial charge in [-0.1, -0.05) is 55.3 Å². The van der Waals surface area contributed by atoms with E-state index in [2.05, 4.69) is 13.0 Å². The molecule has 0 fully saturated rings. The third-order valence-corrected chi connectivity index (χ3v) is 7.22. The van der Waals surface area contributed by atoms with Gasteiger partial charge in [0.25, 0.3) is 0 Å². The molecule has 0 saturated heterocycles. The van der Waals surface area contributed by atoms with Crippen molar-refractivity contribution in [2.24, 2.45) is 11.8 Å². The van der Waals surface area contributed by atoms with Crippen molar-refractivity contribution in [3.63, 3.8) is 0 Å². The average Bonchev–Trinajstić information content (AvgIpc) is 2.60. The highest BCUT2D eigenvalue weighted by Gasteiger charge is 2.34. The zero-order chi connectivity index (χ0) is 18.6. The lowest BCUT2D eigenvalue weighted by atomic mass is 9.84. The minimum atomic E-state index is -3.63. The SMILES string of the molecule is CC1=CCC(/C(C)=C/C(C(O)C(C)C)S(=O)(=O)c2ccccc2)CC1. The van der Waals surface area contributed by atoms with Crippen molar-refractivity contribution in [1.82, 2.24) is 0 Å². The topological polar surface area (TPSA) is 54.4 Å². The summed E-state index contributed by atoms with van der Waals surface area (Å²) in [7, 11) is -3.63. The molecule has 0 aliphatic heterocycles. The first-order valence-electron chi connectivity index (χ1n) is 9.04. The normalized spacial score (nSPS) is 21.8. The summed E-state index contributed by atoms with van der Waals surface area (Å²) in [6.07, 6.45) is 6.15. The molecule has 2 rings (SSSR count). The zero-order valence-corrected chi connectivity index (χ0v) is 16.5. The summed E-state index contributed by atoms with van der Waals surface area (Å²) in [5.74, 6) is 0.220. The van der Waals surface area contributed by atoms with Gasteiger partial charge in [-0.25, -0.2) is 8.42 Å². The molecule has 25 heavy (non-hydrogen) atoms. The Balaban J connectivity index is 2.38. The van der Waals surface area contributed by atoms with Crippen LogP contribution in [0.15, 0.2) is 58.5 Å². The second kappa shape index (κ2) is 8.33. The predicted octanol–water partition coefficient (Wildman–Crippen LogP) is 4.54. The largest absolute Gasteiger partial charge is 0.391 e. The van der Waals surface area contributed by atoms with Crippen LogP contribution in [0.3, 0.4) is 0 Å². The van der Waals surface area contributed by atoms with Crippen LogP contribution in [0, 0.1) is 11.8 Å². The van der Waals surface area contributed by atoms with E-state index >= 15 is 0 Å². The number of aliphatic hydroxyl groups excluding tert-OH is 1. The van der Waals surface area contributed by atoms with Gasteiger partial charge in [0, 0.05) is 0 Å². The van der Waals surface area contributed by atoms with Crippen LogP contribution in [0.1, 0.15) is 47.0 Å². The molecular weight excluding hydrogens is 332 g/mol. The molecule has 0 spiro atoms. The van der Waals surface area contributed by atoms with E-state index < -0.39 is 21.2 Å². The summed E-state index contributed by atoms with van der Waals surface area (Å²) < 4.78 is 26.3. The molecule has 138 valence electrons. The summed E-state index contributed by atoms with van der Waals surface area (Å²) in [6.45, 7) is 7.85. The number of hydrogen-bond donors (Lipinski definition) is 1. The van der Waals surface area contributed by atoms with E-state index in [1.54, 1.807) is 36.4 Å². The third kappa shape index (κ3) is 4.83. The lowest BCUT2D eigenvalue weighted by molar-refractivity contribution is 0.130. The molecule has 3 nitrogen and oxygen atoms in total. The van der Waals surface area contributed by atoms with Gasteiger partial charge in [0.15, 0.2) is 9.84 Å². The Morgan fingerprint density at radius 2 is 1.88 bits per heavy atom. The summed E-state index contributed by atoms with van der Waals surface area (Å²) in [5.41, 5.74) is 2.47. The van der Waals surface area contributed by atoms with Gasteiger partial charge in [-0.2, -0.15) is 0 Å². The van der Waals surface area contributed by atoms with E-state index in [1.807, 2.05) is 20.8 Å². The highest BCUT2D eigenvalue weighted by Crippen LogP contribution is 2.31. The standard InChI is InChI=1S/C21H30O3S/c1-15(2)21(22)20(25(23,24)19-8-6-5-7-9-19)14-17(4)18-12-10-16(3)11-13-18/h5-10,14-15,18,20-22H,11-13H2,1-4H3/b17-14+. The van der Waals surface area contributed by atoms with Gasteiger partial charge in [-0.05, 0) is 57.1 Å². The van der Waals surface area contributed by atoms with Gasteiger partial charge in [-0.3, -0.25) is 0 Å². The van der Waals surface area contributed by atoms with Crippen LogP contribution >= 0.6 is 0 Å². The van der Waals surface area contributed by atoms with Crippen molar-refractivity contribution in [3.8, 4) is 0 Å². The maximum atomic E-state index is 13.1. The second-order valence-corrected chi connectivity index (χ2v) is 9.60. The Morgan fingerprint density at radius 1 is 1.24 bits per heavy atom. The summed E-state index contributed by atoms with van der Waals surface area (Å²) in [6, 6.07) is 8.44.